The highest BCUT2D eigenvalue weighted by Crippen LogP contribution is 2.29. The minimum atomic E-state index is -0.224. The van der Waals surface area contributed by atoms with Crippen LogP contribution in [-0.2, 0) is 14.3 Å². The fourth-order valence-electron chi connectivity index (χ4n) is 1.16. The Morgan fingerprint density at radius 2 is 1.48 bits per heavy atom. The lowest BCUT2D eigenvalue weighted by atomic mass is 9.86. The van der Waals surface area contributed by atoms with Crippen molar-refractivity contribution < 1.29 is 19.4 Å². The molecule has 1 saturated heterocycles. The topological polar surface area (TPSA) is 55.8 Å². The number of hydrogen-bond donors (Lipinski definition) is 1. The van der Waals surface area contributed by atoms with E-state index in [4.69, 9.17) is 14.6 Å². The molecule has 0 amide bonds. The average Bonchev–Trinajstić information content (AvgIpc) is 2.64. The van der Waals surface area contributed by atoms with Crippen molar-refractivity contribution in [3.8, 4) is 0 Å². The van der Waals surface area contributed by atoms with Gasteiger partial charge in [-0.15, -0.1) is 17.0 Å². The zero-order valence-electron chi connectivity index (χ0n) is 17.0. The van der Waals surface area contributed by atoms with E-state index in [1.807, 2.05) is 13.8 Å². The van der Waals surface area contributed by atoms with E-state index < -0.39 is 0 Å². The number of alkyl halides is 4. The van der Waals surface area contributed by atoms with Gasteiger partial charge in [0.15, 0.2) is 0 Å². The number of aliphatic hydroxyl groups is 1. The summed E-state index contributed by atoms with van der Waals surface area (Å²) in [5.74, 6) is -0.224. The van der Waals surface area contributed by atoms with Crippen LogP contribution in [0.15, 0.2) is 0 Å². The first kappa shape index (κ1) is 33.4. The summed E-state index contributed by atoms with van der Waals surface area (Å²) >= 11 is 13.3. The fraction of sp³-hybridized carbons (Fsp3) is 0.944. The van der Waals surface area contributed by atoms with Gasteiger partial charge in [-0.1, -0.05) is 91.4 Å². The largest absolute Gasteiger partial charge is 0.465 e. The molecule has 0 spiro atoms. The van der Waals surface area contributed by atoms with Gasteiger partial charge >= 0.3 is 5.97 Å². The number of halogens is 5. The molecule has 0 atom stereocenters. The number of ether oxygens (including phenoxy) is 2. The summed E-state index contributed by atoms with van der Waals surface area (Å²) in [5.41, 5.74) is 0.561. The van der Waals surface area contributed by atoms with E-state index in [0.717, 1.165) is 34.5 Å². The van der Waals surface area contributed by atoms with Gasteiger partial charge in [0.1, 0.15) is 0 Å². The van der Waals surface area contributed by atoms with Gasteiger partial charge in [-0.2, -0.15) is 0 Å². The highest BCUT2D eigenvalue weighted by Gasteiger charge is 2.30. The first-order valence-electron chi connectivity index (χ1n) is 8.55. The molecule has 0 unspecified atom stereocenters. The molecule has 1 heterocycles. The van der Waals surface area contributed by atoms with Crippen LogP contribution >= 0.6 is 80.7 Å². The van der Waals surface area contributed by atoms with Crippen LogP contribution in [0.2, 0.25) is 0 Å². The SMILES string of the molecule is Br.CC(=O)OCC(C)(CBr)CBr.CC(CO)(CBr)CBr.CCC1(C)COC1. The van der Waals surface area contributed by atoms with Crippen molar-refractivity contribution >= 4 is 86.7 Å². The Morgan fingerprint density at radius 1 is 1.07 bits per heavy atom. The lowest BCUT2D eigenvalue weighted by Gasteiger charge is -2.36. The molecule has 4 nitrogen and oxygen atoms in total. The van der Waals surface area contributed by atoms with Crippen LogP contribution in [0.3, 0.4) is 0 Å². The molecule has 0 aromatic rings. The second-order valence-electron chi connectivity index (χ2n) is 7.75. The van der Waals surface area contributed by atoms with Crippen molar-refractivity contribution in [2.24, 2.45) is 16.2 Å². The summed E-state index contributed by atoms with van der Waals surface area (Å²) in [6.07, 6.45) is 1.26. The number of hydrogen-bond acceptors (Lipinski definition) is 4. The molecule has 9 heteroatoms. The predicted octanol–water partition coefficient (Wildman–Crippen LogP) is 6.13. The molecule has 0 aromatic carbocycles. The van der Waals surface area contributed by atoms with E-state index in [9.17, 15) is 4.79 Å². The average molecular weight is 715 g/mol. The van der Waals surface area contributed by atoms with Crippen LogP contribution < -0.4 is 0 Å². The third-order valence-electron chi connectivity index (χ3n) is 4.05. The molecule has 0 aromatic heterocycles. The van der Waals surface area contributed by atoms with E-state index in [1.165, 1.54) is 13.3 Å². The summed E-state index contributed by atoms with van der Waals surface area (Å²) in [4.78, 5) is 10.5. The number of aliphatic hydroxyl groups excluding tert-OH is 1. The monoisotopic (exact) mass is 710 g/mol. The second-order valence-corrected chi connectivity index (χ2v) is 9.99. The summed E-state index contributed by atoms with van der Waals surface area (Å²) < 4.78 is 9.92. The van der Waals surface area contributed by atoms with Crippen molar-refractivity contribution in [1.29, 1.82) is 0 Å². The fourth-order valence-corrected chi connectivity index (χ4v) is 3.70. The Kier molecular flexibility index (Phi) is 21.6. The van der Waals surface area contributed by atoms with Crippen LogP contribution in [0, 0.1) is 16.2 Å². The highest BCUT2D eigenvalue weighted by atomic mass is 79.9. The van der Waals surface area contributed by atoms with Gasteiger partial charge in [0, 0.05) is 44.5 Å². The summed E-state index contributed by atoms with van der Waals surface area (Å²) in [5, 5.41) is 12.0. The molecular formula is C18H35Br5O4. The molecule has 27 heavy (non-hydrogen) atoms. The second kappa shape index (κ2) is 17.5. The van der Waals surface area contributed by atoms with Crippen LogP contribution in [0.5, 0.6) is 0 Å². The molecule has 0 saturated carbocycles. The standard InChI is InChI=1S/C7H12Br2O2.C6H12O.C5H10Br2O.BrH/c1-6(10)11-5-7(2,3-8)4-9;1-3-6(2)4-7-5-6;1-5(2-6,3-7)4-8;/h3-5H2,1-2H3;3-5H2,1-2H3;8H,2-4H2,1H3;1H. The van der Waals surface area contributed by atoms with Crippen LogP contribution in [0.1, 0.15) is 41.0 Å². The highest BCUT2D eigenvalue weighted by molar-refractivity contribution is 9.10. The normalized spacial score (nSPS) is 15.0. The zero-order valence-corrected chi connectivity index (χ0v) is 25.0. The van der Waals surface area contributed by atoms with Crippen molar-refractivity contribution in [3.63, 3.8) is 0 Å². The quantitative estimate of drug-likeness (QED) is 0.243. The first-order valence-corrected chi connectivity index (χ1v) is 13.0. The maximum atomic E-state index is 10.5. The Balaban J connectivity index is -0.000000322. The molecular weight excluding hydrogens is 680 g/mol. The molecule has 1 aliphatic heterocycles. The first-order chi connectivity index (χ1) is 12.0. The molecule has 0 aliphatic carbocycles. The molecule has 0 radical (unpaired) electrons. The molecule has 166 valence electrons. The van der Waals surface area contributed by atoms with Crippen LogP contribution in [0.25, 0.3) is 0 Å². The predicted molar refractivity (Wildman–Crippen MR) is 135 cm³/mol. The van der Waals surface area contributed by atoms with E-state index in [1.54, 1.807) is 0 Å². The molecule has 1 N–H and O–H groups in total. The van der Waals surface area contributed by atoms with Crippen molar-refractivity contribution in [2.75, 3.05) is 47.7 Å². The zero-order chi connectivity index (χ0) is 20.9. The number of esters is 1. The lowest BCUT2D eigenvalue weighted by Crippen LogP contribution is -2.38. The summed E-state index contributed by atoms with van der Waals surface area (Å²) in [7, 11) is 0. The number of carbonyl (C=O) groups is 1. The summed E-state index contributed by atoms with van der Waals surface area (Å²) in [6.45, 7) is 12.6. The van der Waals surface area contributed by atoms with Crippen molar-refractivity contribution in [2.45, 2.75) is 41.0 Å². The molecule has 1 aliphatic rings. The van der Waals surface area contributed by atoms with Gasteiger partial charge in [-0.05, 0) is 6.42 Å². The number of carbonyl (C=O) groups excluding carboxylic acids is 1. The van der Waals surface area contributed by atoms with Gasteiger partial charge in [0.2, 0.25) is 0 Å². The van der Waals surface area contributed by atoms with Gasteiger partial charge in [-0.25, -0.2) is 0 Å². The van der Waals surface area contributed by atoms with Crippen molar-refractivity contribution in [1.82, 2.24) is 0 Å². The van der Waals surface area contributed by atoms with E-state index in [2.05, 4.69) is 77.6 Å². The smallest absolute Gasteiger partial charge is 0.302 e. The maximum absolute atomic E-state index is 10.5. The van der Waals surface area contributed by atoms with Gasteiger partial charge in [0.25, 0.3) is 0 Å². The third-order valence-corrected chi connectivity index (χ3v) is 9.47. The van der Waals surface area contributed by atoms with E-state index >= 15 is 0 Å². The minimum Gasteiger partial charge on any atom is -0.465 e. The third kappa shape index (κ3) is 16.2. The molecule has 0 bridgehead atoms. The maximum Gasteiger partial charge on any atom is 0.302 e. The number of rotatable bonds is 8. The Hall–Kier alpha value is 1.79. The van der Waals surface area contributed by atoms with Gasteiger partial charge < -0.3 is 14.6 Å². The Bertz CT molecular complexity index is 357. The van der Waals surface area contributed by atoms with E-state index in [-0.39, 0.29) is 40.4 Å². The minimum absolute atomic E-state index is 0. The van der Waals surface area contributed by atoms with E-state index in [0.29, 0.717) is 12.0 Å². The lowest BCUT2D eigenvalue weighted by molar-refractivity contribution is -0.143. The Morgan fingerprint density at radius 3 is 1.59 bits per heavy atom. The molecule has 1 rings (SSSR count). The molecule has 1 fully saturated rings. The van der Waals surface area contributed by atoms with Gasteiger partial charge in [-0.3, -0.25) is 4.79 Å². The summed E-state index contributed by atoms with van der Waals surface area (Å²) in [6, 6.07) is 0. The van der Waals surface area contributed by atoms with Crippen molar-refractivity contribution in [3.05, 3.63) is 0 Å². The Labute approximate surface area is 209 Å². The van der Waals surface area contributed by atoms with Crippen LogP contribution in [-0.4, -0.2) is 58.8 Å². The van der Waals surface area contributed by atoms with Gasteiger partial charge in [0.05, 0.1) is 26.4 Å². The van der Waals surface area contributed by atoms with Crippen LogP contribution in [0.4, 0.5) is 0 Å².